The minimum Gasteiger partial charge on any atom is -0.339 e. The Bertz CT molecular complexity index is 1260. The summed E-state index contributed by atoms with van der Waals surface area (Å²) in [6.45, 7) is 3.09. The van der Waals surface area contributed by atoms with Gasteiger partial charge in [-0.1, -0.05) is 0 Å². The standard InChI is InChI=1S/C25H31F4N5O4S/c1-24(2,25(27,28)29)33-39(37,38)19-7-5-18(6-8-19)31-23(36)21(14-16-10-12-34(3)13-11-16)32-22(35)20-9-4-17(26)15-30-20/h4-9,15-16,21,33H,10-14H2,1-3H3,(H,31,36)(H,32,35)/t21-/m0/s1. The van der Waals surface area contributed by atoms with Crippen LogP contribution in [0, 0.1) is 11.7 Å². The average molecular weight is 574 g/mol. The number of anilines is 1. The van der Waals surface area contributed by atoms with E-state index in [0.717, 1.165) is 50.3 Å². The number of nitrogens with one attached hydrogen (secondary N) is 3. The smallest absolute Gasteiger partial charge is 0.339 e. The molecule has 1 aliphatic rings. The lowest BCUT2D eigenvalue weighted by molar-refractivity contribution is -0.180. The average Bonchev–Trinajstić information content (AvgIpc) is 2.84. The van der Waals surface area contributed by atoms with Gasteiger partial charge in [-0.15, -0.1) is 0 Å². The molecular formula is C25H31F4N5O4S. The molecule has 2 heterocycles. The van der Waals surface area contributed by atoms with Gasteiger partial charge in [0.15, 0.2) is 0 Å². The van der Waals surface area contributed by atoms with Crippen molar-refractivity contribution in [3.8, 4) is 0 Å². The number of sulfonamides is 1. The maximum atomic E-state index is 13.2. The van der Waals surface area contributed by atoms with Gasteiger partial charge in [-0.25, -0.2) is 17.8 Å². The number of pyridine rings is 1. The number of piperidine rings is 1. The van der Waals surface area contributed by atoms with Crippen LogP contribution in [0.25, 0.3) is 0 Å². The van der Waals surface area contributed by atoms with Crippen molar-refractivity contribution in [2.75, 3.05) is 25.5 Å². The molecule has 2 aromatic rings. The van der Waals surface area contributed by atoms with Crippen LogP contribution in [-0.4, -0.2) is 68.0 Å². The summed E-state index contributed by atoms with van der Waals surface area (Å²) in [5, 5.41) is 5.26. The Morgan fingerprint density at radius 1 is 1.08 bits per heavy atom. The first-order valence-electron chi connectivity index (χ1n) is 12.2. The highest BCUT2D eigenvalue weighted by molar-refractivity contribution is 7.89. The summed E-state index contributed by atoms with van der Waals surface area (Å²) in [6, 6.07) is 5.91. The summed E-state index contributed by atoms with van der Waals surface area (Å²) in [5.41, 5.74) is -2.59. The normalized spacial score (nSPS) is 16.5. The second-order valence-electron chi connectivity index (χ2n) is 10.1. The molecule has 1 fully saturated rings. The largest absolute Gasteiger partial charge is 0.407 e. The van der Waals surface area contributed by atoms with Crippen molar-refractivity contribution in [1.82, 2.24) is 19.9 Å². The number of amides is 2. The van der Waals surface area contributed by atoms with Gasteiger partial charge in [-0.05, 0) is 95.6 Å². The van der Waals surface area contributed by atoms with Crippen LogP contribution in [0.5, 0.6) is 0 Å². The second kappa shape index (κ2) is 12.0. The number of halogens is 4. The predicted octanol–water partition coefficient (Wildman–Crippen LogP) is 3.31. The molecule has 0 radical (unpaired) electrons. The number of carbonyl (C=O) groups is 2. The zero-order valence-corrected chi connectivity index (χ0v) is 22.5. The monoisotopic (exact) mass is 573 g/mol. The first-order valence-corrected chi connectivity index (χ1v) is 13.7. The topological polar surface area (TPSA) is 120 Å². The number of nitrogens with zero attached hydrogens (tertiary/aromatic N) is 2. The lowest BCUT2D eigenvalue weighted by atomic mass is 9.90. The van der Waals surface area contributed by atoms with E-state index in [9.17, 15) is 35.6 Å². The van der Waals surface area contributed by atoms with Gasteiger partial charge in [0.1, 0.15) is 23.1 Å². The van der Waals surface area contributed by atoms with Crippen LogP contribution >= 0.6 is 0 Å². The molecule has 1 aromatic carbocycles. The molecule has 3 rings (SSSR count). The Morgan fingerprint density at radius 2 is 1.69 bits per heavy atom. The first kappa shape index (κ1) is 30.4. The van der Waals surface area contributed by atoms with Gasteiger partial charge in [-0.2, -0.15) is 17.9 Å². The van der Waals surface area contributed by atoms with Crippen LogP contribution in [0.3, 0.4) is 0 Å². The van der Waals surface area contributed by atoms with E-state index in [4.69, 9.17) is 0 Å². The van der Waals surface area contributed by atoms with E-state index in [1.54, 1.807) is 4.72 Å². The molecule has 1 aromatic heterocycles. The van der Waals surface area contributed by atoms with Crippen LogP contribution in [0.4, 0.5) is 23.2 Å². The van der Waals surface area contributed by atoms with Crippen LogP contribution in [0.1, 0.15) is 43.6 Å². The maximum Gasteiger partial charge on any atom is 0.407 e. The minimum atomic E-state index is -4.81. The van der Waals surface area contributed by atoms with Gasteiger partial charge >= 0.3 is 6.18 Å². The van der Waals surface area contributed by atoms with Crippen molar-refractivity contribution in [2.24, 2.45) is 5.92 Å². The summed E-state index contributed by atoms with van der Waals surface area (Å²) >= 11 is 0. The Kier molecular flexibility index (Phi) is 9.34. The van der Waals surface area contributed by atoms with Crippen molar-refractivity contribution < 1.29 is 35.6 Å². The van der Waals surface area contributed by atoms with E-state index >= 15 is 0 Å². The Balaban J connectivity index is 1.74. The molecule has 9 nitrogen and oxygen atoms in total. The van der Waals surface area contributed by atoms with Crippen molar-refractivity contribution in [3.63, 3.8) is 0 Å². The number of hydrogen-bond donors (Lipinski definition) is 3. The van der Waals surface area contributed by atoms with Crippen molar-refractivity contribution in [1.29, 1.82) is 0 Å². The highest BCUT2D eigenvalue weighted by Crippen LogP contribution is 2.31. The summed E-state index contributed by atoms with van der Waals surface area (Å²) in [7, 11) is -2.52. The molecule has 39 heavy (non-hydrogen) atoms. The number of hydrogen-bond acceptors (Lipinski definition) is 6. The number of rotatable bonds is 9. The molecule has 0 unspecified atom stereocenters. The van der Waals surface area contributed by atoms with Crippen LogP contribution in [0.2, 0.25) is 0 Å². The first-order chi connectivity index (χ1) is 18.1. The number of aromatic nitrogens is 1. The van der Waals surface area contributed by atoms with E-state index in [-0.39, 0.29) is 17.3 Å². The molecular weight excluding hydrogens is 542 g/mol. The van der Waals surface area contributed by atoms with Crippen LogP contribution in [0.15, 0.2) is 47.5 Å². The third-order valence-corrected chi connectivity index (χ3v) is 8.19. The lowest BCUT2D eigenvalue weighted by Crippen LogP contribution is -2.54. The molecule has 14 heteroatoms. The summed E-state index contributed by atoms with van der Waals surface area (Å²) in [4.78, 5) is 31.4. The fourth-order valence-electron chi connectivity index (χ4n) is 4.00. The lowest BCUT2D eigenvalue weighted by Gasteiger charge is -2.31. The Labute approximate surface area is 224 Å². The number of alkyl halides is 3. The van der Waals surface area contributed by atoms with Crippen LogP contribution in [-0.2, 0) is 14.8 Å². The van der Waals surface area contributed by atoms with Gasteiger partial charge in [0, 0.05) is 5.69 Å². The Hall–Kier alpha value is -3.10. The molecule has 1 aliphatic heterocycles. The van der Waals surface area contributed by atoms with E-state index in [2.05, 4.69) is 20.5 Å². The molecule has 0 bridgehead atoms. The van der Waals surface area contributed by atoms with Crippen molar-refractivity contribution >= 4 is 27.5 Å². The van der Waals surface area contributed by atoms with E-state index in [1.165, 1.54) is 18.2 Å². The summed E-state index contributed by atoms with van der Waals surface area (Å²) < 4.78 is 79.2. The zero-order chi connectivity index (χ0) is 29.0. The predicted molar refractivity (Wildman–Crippen MR) is 136 cm³/mol. The molecule has 3 N–H and O–H groups in total. The van der Waals surface area contributed by atoms with Crippen LogP contribution < -0.4 is 15.4 Å². The van der Waals surface area contributed by atoms with Gasteiger partial charge in [0.2, 0.25) is 15.9 Å². The maximum absolute atomic E-state index is 13.2. The molecule has 0 aliphatic carbocycles. The van der Waals surface area contributed by atoms with Crippen molar-refractivity contribution in [2.45, 2.75) is 55.8 Å². The van der Waals surface area contributed by atoms with Gasteiger partial charge in [0.05, 0.1) is 11.1 Å². The number of carbonyl (C=O) groups excluding carboxylic acids is 2. The summed E-state index contributed by atoms with van der Waals surface area (Å²) in [5.74, 6) is -1.71. The quantitative estimate of drug-likeness (QED) is 0.396. The third kappa shape index (κ3) is 8.19. The number of likely N-dealkylation sites (tertiary alicyclic amines) is 1. The fraction of sp³-hybridized carbons (Fsp3) is 0.480. The van der Waals surface area contributed by atoms with Crippen molar-refractivity contribution in [3.05, 3.63) is 54.1 Å². The van der Waals surface area contributed by atoms with Gasteiger partial charge < -0.3 is 15.5 Å². The van der Waals surface area contributed by atoms with E-state index in [0.29, 0.717) is 20.3 Å². The molecule has 1 saturated heterocycles. The summed E-state index contributed by atoms with van der Waals surface area (Å²) in [6.07, 6.45) is -1.96. The molecule has 0 saturated carbocycles. The molecule has 2 amide bonds. The minimum absolute atomic E-state index is 0.0681. The Morgan fingerprint density at radius 3 is 2.23 bits per heavy atom. The van der Waals surface area contributed by atoms with Gasteiger partial charge in [0.25, 0.3) is 5.91 Å². The highest BCUT2D eigenvalue weighted by atomic mass is 32.2. The molecule has 214 valence electrons. The third-order valence-electron chi connectivity index (χ3n) is 6.52. The van der Waals surface area contributed by atoms with E-state index < -0.39 is 50.3 Å². The zero-order valence-electron chi connectivity index (χ0n) is 21.7. The van der Waals surface area contributed by atoms with Gasteiger partial charge in [-0.3, -0.25) is 9.59 Å². The molecule has 1 atom stereocenters. The highest BCUT2D eigenvalue weighted by Gasteiger charge is 2.49. The fourth-order valence-corrected chi connectivity index (χ4v) is 5.40. The number of benzene rings is 1. The second-order valence-corrected chi connectivity index (χ2v) is 11.8. The SMILES string of the molecule is CN1CCC(C[C@H](NC(=O)c2ccc(F)cn2)C(=O)Nc2ccc(S(=O)(=O)NC(C)(C)C(F)(F)F)cc2)CC1. The van der Waals surface area contributed by atoms with E-state index in [1.807, 2.05) is 7.05 Å². The molecule has 0 spiro atoms.